The second kappa shape index (κ2) is 11.9. The van der Waals surface area contributed by atoms with E-state index in [4.69, 9.17) is 14.2 Å². The average Bonchev–Trinajstić information content (AvgIpc) is 3.56. The largest absolute Gasteiger partial charge is 0.497 e. The van der Waals surface area contributed by atoms with Crippen LogP contribution in [0, 0.1) is 0 Å². The Morgan fingerprint density at radius 1 is 1.07 bits per heavy atom. The van der Waals surface area contributed by atoms with Gasteiger partial charge in [0.15, 0.2) is 33.0 Å². The van der Waals surface area contributed by atoms with Crippen LogP contribution in [0.3, 0.4) is 0 Å². The van der Waals surface area contributed by atoms with Crippen LogP contribution in [0.1, 0.15) is 22.1 Å². The quantitative estimate of drug-likeness (QED) is 0.202. The molecule has 0 unspecified atom stereocenters. The van der Waals surface area contributed by atoms with Crippen molar-refractivity contribution in [2.24, 2.45) is 0 Å². The van der Waals surface area contributed by atoms with E-state index in [2.05, 4.69) is 25.6 Å². The van der Waals surface area contributed by atoms with Crippen molar-refractivity contribution in [3.8, 4) is 11.5 Å². The number of ether oxygens (including phenoxy) is 3. The molecule has 1 amide bonds. The maximum absolute atomic E-state index is 13.3. The number of fused-ring (bicyclic) bond motifs is 1. The van der Waals surface area contributed by atoms with E-state index in [-0.39, 0.29) is 10.5 Å². The fourth-order valence-electron chi connectivity index (χ4n) is 4.67. The van der Waals surface area contributed by atoms with E-state index in [0.717, 1.165) is 11.8 Å². The Morgan fingerprint density at radius 3 is 2.38 bits per heavy atom. The minimum atomic E-state index is -3.30. The number of nitrogens with zero attached hydrogens (tertiary/aromatic N) is 4. The first kappa shape index (κ1) is 29.2. The van der Waals surface area contributed by atoms with E-state index >= 15 is 0 Å². The smallest absolute Gasteiger partial charge is 0.252 e. The van der Waals surface area contributed by atoms with Crippen LogP contribution in [-0.2, 0) is 21.1 Å². The van der Waals surface area contributed by atoms with Crippen molar-refractivity contribution in [3.05, 3.63) is 66.2 Å². The molecular formula is C27H30N6O8S. The highest BCUT2D eigenvalue weighted by Crippen LogP contribution is 2.33. The van der Waals surface area contributed by atoms with E-state index in [1.165, 1.54) is 51.1 Å². The van der Waals surface area contributed by atoms with Crippen molar-refractivity contribution < 1.29 is 37.6 Å². The van der Waals surface area contributed by atoms with Crippen LogP contribution in [0.5, 0.6) is 11.5 Å². The van der Waals surface area contributed by atoms with Crippen LogP contribution >= 0.6 is 0 Å². The molecule has 222 valence electrons. The van der Waals surface area contributed by atoms with Crippen LogP contribution in [-0.4, -0.2) is 89.4 Å². The van der Waals surface area contributed by atoms with Crippen molar-refractivity contribution in [1.29, 1.82) is 0 Å². The number of benzene rings is 2. The Bertz CT molecular complexity index is 1670. The van der Waals surface area contributed by atoms with Gasteiger partial charge in [0.1, 0.15) is 36.1 Å². The predicted octanol–water partition coefficient (Wildman–Crippen LogP) is 0.908. The normalized spacial score (nSPS) is 20.4. The topological polar surface area (TPSA) is 187 Å². The number of carbonyl (C=O) groups is 1. The Morgan fingerprint density at radius 2 is 1.76 bits per heavy atom. The number of sulfone groups is 1. The van der Waals surface area contributed by atoms with Gasteiger partial charge in [0, 0.05) is 24.4 Å². The second-order valence-corrected chi connectivity index (χ2v) is 11.7. The van der Waals surface area contributed by atoms with Crippen molar-refractivity contribution in [2.75, 3.05) is 32.4 Å². The van der Waals surface area contributed by atoms with Gasteiger partial charge in [0.05, 0.1) is 32.0 Å². The molecule has 4 atom stereocenters. The summed E-state index contributed by atoms with van der Waals surface area (Å²) in [5.74, 6) is 0.714. The van der Waals surface area contributed by atoms with E-state index in [9.17, 15) is 23.4 Å². The van der Waals surface area contributed by atoms with Gasteiger partial charge in [0.25, 0.3) is 5.91 Å². The summed E-state index contributed by atoms with van der Waals surface area (Å²) in [5, 5.41) is 26.8. The molecule has 0 saturated carbocycles. The lowest BCUT2D eigenvalue weighted by molar-refractivity contribution is -0.0440. The maximum atomic E-state index is 13.3. The average molecular weight is 599 g/mol. The second-order valence-electron chi connectivity index (χ2n) is 9.65. The molecule has 2 aromatic carbocycles. The van der Waals surface area contributed by atoms with Gasteiger partial charge < -0.3 is 35.1 Å². The van der Waals surface area contributed by atoms with Gasteiger partial charge in [-0.15, -0.1) is 0 Å². The van der Waals surface area contributed by atoms with Crippen LogP contribution in [0.25, 0.3) is 11.2 Å². The number of methoxy groups -OCH3 is 2. The number of carbonyl (C=O) groups excluding carboxylic acids is 1. The molecule has 15 heteroatoms. The number of hydrogen-bond acceptors (Lipinski definition) is 12. The molecule has 0 aliphatic carbocycles. The summed E-state index contributed by atoms with van der Waals surface area (Å²) in [7, 11) is -0.364. The molecule has 5 rings (SSSR count). The maximum Gasteiger partial charge on any atom is 0.252 e. The molecule has 1 aliphatic rings. The summed E-state index contributed by atoms with van der Waals surface area (Å²) in [6, 6.07) is 10.2. The Hall–Kier alpha value is -4.31. The molecule has 0 spiro atoms. The third-order valence-corrected chi connectivity index (χ3v) is 8.03. The van der Waals surface area contributed by atoms with Gasteiger partial charge in [-0.3, -0.25) is 9.36 Å². The Kier molecular flexibility index (Phi) is 8.27. The summed E-state index contributed by atoms with van der Waals surface area (Å²) in [6.07, 6.45) is 0.743. The van der Waals surface area contributed by atoms with Crippen LogP contribution in [0.2, 0.25) is 0 Å². The number of imidazole rings is 1. The first-order chi connectivity index (χ1) is 20.1. The van der Waals surface area contributed by atoms with E-state index in [1.807, 2.05) is 0 Å². The highest BCUT2D eigenvalue weighted by Gasteiger charge is 2.46. The molecule has 2 aromatic heterocycles. The highest BCUT2D eigenvalue weighted by molar-refractivity contribution is 7.90. The summed E-state index contributed by atoms with van der Waals surface area (Å²) in [5.41, 5.74) is 1.81. The molecule has 3 heterocycles. The van der Waals surface area contributed by atoms with Gasteiger partial charge in [-0.25, -0.2) is 23.4 Å². The highest BCUT2D eigenvalue weighted by atomic mass is 32.2. The molecule has 4 N–H and O–H groups in total. The SMILES string of the molecule is COc1cc(OC)cc(C(=O)N[C@@H]2[C@H](O)[C@@H](CO)O[C@H]2n2cnc3c(NCc4ccc(S(C)(=O)=O)cc4)ncnc32)c1. The number of aromatic nitrogens is 4. The van der Waals surface area contributed by atoms with Crippen molar-refractivity contribution in [3.63, 3.8) is 0 Å². The summed E-state index contributed by atoms with van der Waals surface area (Å²) in [4.78, 5) is 26.6. The Labute approximate surface area is 241 Å². The zero-order valence-electron chi connectivity index (χ0n) is 23.0. The number of anilines is 1. The molecule has 1 saturated heterocycles. The first-order valence-corrected chi connectivity index (χ1v) is 14.7. The minimum Gasteiger partial charge on any atom is -0.497 e. The zero-order chi connectivity index (χ0) is 30.0. The molecule has 0 radical (unpaired) electrons. The number of amides is 1. The van der Waals surface area contributed by atoms with Crippen molar-refractivity contribution >= 4 is 32.7 Å². The van der Waals surface area contributed by atoms with E-state index < -0.39 is 46.8 Å². The number of rotatable bonds is 10. The lowest BCUT2D eigenvalue weighted by Crippen LogP contribution is -2.46. The van der Waals surface area contributed by atoms with Gasteiger partial charge >= 0.3 is 0 Å². The number of aliphatic hydroxyl groups is 2. The molecule has 1 aliphatic heterocycles. The number of nitrogens with one attached hydrogen (secondary N) is 2. The minimum absolute atomic E-state index is 0.224. The van der Waals surface area contributed by atoms with Gasteiger partial charge in [-0.05, 0) is 29.8 Å². The summed E-state index contributed by atoms with van der Waals surface area (Å²) in [6.45, 7) is -0.152. The van der Waals surface area contributed by atoms with Gasteiger partial charge in [0.2, 0.25) is 0 Å². The summed E-state index contributed by atoms with van der Waals surface area (Å²) < 4.78 is 41.5. The molecular weight excluding hydrogens is 568 g/mol. The van der Waals surface area contributed by atoms with Crippen LogP contribution < -0.4 is 20.1 Å². The lowest BCUT2D eigenvalue weighted by Gasteiger charge is -2.23. The monoisotopic (exact) mass is 598 g/mol. The number of hydrogen-bond donors (Lipinski definition) is 4. The molecule has 0 bridgehead atoms. The molecule has 14 nitrogen and oxygen atoms in total. The standard InChI is InChI=1S/C27H30N6O8S/c1-39-17-8-16(9-18(10-17)40-2)26(36)32-21-23(35)20(12-34)41-27(21)33-14-31-22-24(29-13-30-25(22)33)28-11-15-4-6-19(7-5-15)42(3,37)38/h4-10,13-14,20-21,23,27,34-35H,11-12H2,1-3H3,(H,32,36)(H,28,29,30)/t20-,21-,23-,27-/m1/s1. The van der Waals surface area contributed by atoms with Crippen LogP contribution in [0.4, 0.5) is 5.82 Å². The van der Waals surface area contributed by atoms with Crippen molar-refractivity contribution in [1.82, 2.24) is 24.8 Å². The van der Waals surface area contributed by atoms with E-state index in [0.29, 0.717) is 35.0 Å². The van der Waals surface area contributed by atoms with Crippen LogP contribution in [0.15, 0.2) is 60.0 Å². The lowest BCUT2D eigenvalue weighted by atomic mass is 10.1. The van der Waals surface area contributed by atoms with Gasteiger partial charge in [-0.2, -0.15) is 0 Å². The third-order valence-electron chi connectivity index (χ3n) is 6.91. The Balaban J connectivity index is 1.40. The zero-order valence-corrected chi connectivity index (χ0v) is 23.8. The van der Waals surface area contributed by atoms with Gasteiger partial charge in [-0.1, -0.05) is 12.1 Å². The van der Waals surface area contributed by atoms with E-state index in [1.54, 1.807) is 22.8 Å². The number of aliphatic hydroxyl groups excluding tert-OH is 2. The van der Waals surface area contributed by atoms with Crippen molar-refractivity contribution in [2.45, 2.75) is 35.9 Å². The predicted molar refractivity (Wildman–Crippen MR) is 150 cm³/mol. The molecule has 4 aromatic rings. The fourth-order valence-corrected chi connectivity index (χ4v) is 5.30. The summed E-state index contributed by atoms with van der Waals surface area (Å²) >= 11 is 0. The molecule has 1 fully saturated rings. The fraction of sp³-hybridized carbons (Fsp3) is 0.333. The third kappa shape index (κ3) is 5.85. The first-order valence-electron chi connectivity index (χ1n) is 12.8. The molecule has 42 heavy (non-hydrogen) atoms.